The highest BCUT2D eigenvalue weighted by Gasteiger charge is 2.33. The third kappa shape index (κ3) is 2.69. The van der Waals surface area contributed by atoms with Gasteiger partial charge >= 0.3 is 0 Å². The average Bonchev–Trinajstić information content (AvgIpc) is 3.04. The summed E-state index contributed by atoms with van der Waals surface area (Å²) in [7, 11) is 0. The highest BCUT2D eigenvalue weighted by Crippen LogP contribution is 2.39. The molecular weight excluding hydrogens is 274 g/mol. The molecule has 0 radical (unpaired) electrons. The van der Waals surface area contributed by atoms with E-state index in [9.17, 15) is 4.79 Å². The van der Waals surface area contributed by atoms with E-state index in [1.54, 1.807) is 10.9 Å². The molecule has 1 aromatic heterocycles. The van der Waals surface area contributed by atoms with Gasteiger partial charge in [0.1, 0.15) is 0 Å². The van der Waals surface area contributed by atoms with E-state index in [1.807, 2.05) is 11.8 Å². The quantitative estimate of drug-likeness (QED) is 0.842. The summed E-state index contributed by atoms with van der Waals surface area (Å²) in [6.45, 7) is 2.53. The topological polar surface area (TPSA) is 71.8 Å². The van der Waals surface area contributed by atoms with Crippen molar-refractivity contribution in [1.29, 1.82) is 0 Å². The van der Waals surface area contributed by atoms with Crippen LogP contribution >= 0.6 is 11.8 Å². The first-order valence-electron chi connectivity index (χ1n) is 7.18. The minimum atomic E-state index is -0.108. The maximum Gasteiger partial charge on any atom is 0.273 e. The molecule has 1 saturated carbocycles. The van der Waals surface area contributed by atoms with Gasteiger partial charge in [0.2, 0.25) is 0 Å². The van der Waals surface area contributed by atoms with Crippen LogP contribution in [-0.2, 0) is 0 Å². The van der Waals surface area contributed by atoms with Crippen molar-refractivity contribution in [3.05, 3.63) is 11.9 Å². The summed E-state index contributed by atoms with van der Waals surface area (Å²) in [5.74, 6) is -0.108. The number of carbonyl (C=O) groups excluding carboxylic acids is 1. The maximum atomic E-state index is 12.1. The van der Waals surface area contributed by atoms with E-state index in [1.165, 1.54) is 25.7 Å². The number of aromatic nitrogens is 3. The Bertz CT molecular complexity index is 479. The molecule has 2 fully saturated rings. The molecule has 7 heteroatoms. The van der Waals surface area contributed by atoms with Crippen LogP contribution in [0.15, 0.2) is 6.20 Å². The maximum absolute atomic E-state index is 12.1. The fourth-order valence-electron chi connectivity index (χ4n) is 2.82. The van der Waals surface area contributed by atoms with Crippen LogP contribution in [0.4, 0.5) is 0 Å². The van der Waals surface area contributed by atoms with Crippen LogP contribution in [0.1, 0.15) is 42.2 Å². The fraction of sp³-hybridized carbons (Fsp3) is 0.769. The standard InChI is InChI=1S/C13H21N5OS/c1-20-13(4-2-3-5-13)9-15-12(19)11-8-18(17-16-11)10-6-14-7-10/h8,10,14H,2-7,9H2,1H3,(H,15,19). The summed E-state index contributed by atoms with van der Waals surface area (Å²) in [5, 5.41) is 14.2. The van der Waals surface area contributed by atoms with Crippen molar-refractivity contribution < 1.29 is 4.79 Å². The molecule has 1 aromatic rings. The minimum Gasteiger partial charge on any atom is -0.349 e. The number of hydrogen-bond acceptors (Lipinski definition) is 5. The van der Waals surface area contributed by atoms with Crippen molar-refractivity contribution in [1.82, 2.24) is 25.6 Å². The summed E-state index contributed by atoms with van der Waals surface area (Å²) in [4.78, 5) is 12.1. The molecule has 0 aromatic carbocycles. The third-order valence-electron chi connectivity index (χ3n) is 4.40. The molecule has 110 valence electrons. The summed E-state index contributed by atoms with van der Waals surface area (Å²) in [5.41, 5.74) is 0.422. The van der Waals surface area contributed by atoms with Gasteiger partial charge in [-0.1, -0.05) is 18.1 Å². The van der Waals surface area contributed by atoms with E-state index in [0.29, 0.717) is 11.7 Å². The lowest BCUT2D eigenvalue weighted by Crippen LogP contribution is -2.43. The summed E-state index contributed by atoms with van der Waals surface area (Å²) < 4.78 is 2.01. The Morgan fingerprint density at radius 2 is 2.30 bits per heavy atom. The van der Waals surface area contributed by atoms with Crippen molar-refractivity contribution >= 4 is 17.7 Å². The second-order valence-corrected chi connectivity index (χ2v) is 6.95. The first-order chi connectivity index (χ1) is 9.72. The van der Waals surface area contributed by atoms with Gasteiger partial charge in [-0.3, -0.25) is 4.79 Å². The van der Waals surface area contributed by atoms with Gasteiger partial charge < -0.3 is 10.6 Å². The normalized spacial score (nSPS) is 21.6. The molecule has 0 bridgehead atoms. The second-order valence-electron chi connectivity index (χ2n) is 5.67. The first kappa shape index (κ1) is 13.9. The van der Waals surface area contributed by atoms with Gasteiger partial charge in [0.15, 0.2) is 5.69 Å². The lowest BCUT2D eigenvalue weighted by atomic mass is 10.1. The van der Waals surface area contributed by atoms with E-state index < -0.39 is 0 Å². The predicted molar refractivity (Wildman–Crippen MR) is 79.0 cm³/mol. The summed E-state index contributed by atoms with van der Waals surface area (Å²) in [6, 6.07) is 0.344. The van der Waals surface area contributed by atoms with Crippen molar-refractivity contribution in [3.63, 3.8) is 0 Å². The number of amides is 1. The van der Waals surface area contributed by atoms with E-state index >= 15 is 0 Å². The molecular formula is C13H21N5OS. The zero-order valence-corrected chi connectivity index (χ0v) is 12.6. The predicted octanol–water partition coefficient (Wildman–Crippen LogP) is 0.828. The molecule has 0 spiro atoms. The van der Waals surface area contributed by atoms with Gasteiger partial charge in [-0.05, 0) is 19.1 Å². The number of nitrogens with one attached hydrogen (secondary N) is 2. The monoisotopic (exact) mass is 295 g/mol. The lowest BCUT2D eigenvalue weighted by Gasteiger charge is -2.27. The highest BCUT2D eigenvalue weighted by atomic mass is 32.2. The van der Waals surface area contributed by atoms with Crippen LogP contribution in [-0.4, -0.2) is 51.5 Å². The largest absolute Gasteiger partial charge is 0.349 e. The van der Waals surface area contributed by atoms with E-state index in [-0.39, 0.29) is 10.7 Å². The summed E-state index contributed by atoms with van der Waals surface area (Å²) in [6.07, 6.45) is 8.80. The van der Waals surface area contributed by atoms with Gasteiger partial charge in [0, 0.05) is 24.4 Å². The molecule has 2 N–H and O–H groups in total. The van der Waals surface area contributed by atoms with Crippen LogP contribution < -0.4 is 10.6 Å². The number of rotatable bonds is 5. The Labute approximate surface area is 123 Å². The Morgan fingerprint density at radius 1 is 1.55 bits per heavy atom. The van der Waals surface area contributed by atoms with E-state index in [2.05, 4.69) is 27.2 Å². The Hall–Kier alpha value is -1.08. The summed E-state index contributed by atoms with van der Waals surface area (Å²) >= 11 is 1.88. The zero-order valence-electron chi connectivity index (χ0n) is 11.8. The van der Waals surface area contributed by atoms with Gasteiger partial charge in [0.25, 0.3) is 5.91 Å². The van der Waals surface area contributed by atoms with Crippen LogP contribution in [0.2, 0.25) is 0 Å². The lowest BCUT2D eigenvalue weighted by molar-refractivity contribution is 0.0944. The number of carbonyl (C=O) groups is 1. The molecule has 1 aliphatic heterocycles. The first-order valence-corrected chi connectivity index (χ1v) is 8.41. The molecule has 2 aliphatic rings. The zero-order chi connectivity index (χ0) is 14.0. The molecule has 3 rings (SSSR count). The van der Waals surface area contributed by atoms with Crippen LogP contribution in [0, 0.1) is 0 Å². The third-order valence-corrected chi connectivity index (χ3v) is 5.81. The minimum absolute atomic E-state index is 0.108. The number of thioether (sulfide) groups is 1. The Kier molecular flexibility index (Phi) is 3.98. The van der Waals surface area contributed by atoms with Crippen molar-refractivity contribution in [3.8, 4) is 0 Å². The molecule has 0 unspecified atom stereocenters. The molecule has 1 amide bonds. The highest BCUT2D eigenvalue weighted by molar-refractivity contribution is 8.00. The Balaban J connectivity index is 1.57. The molecule has 6 nitrogen and oxygen atoms in total. The van der Waals surface area contributed by atoms with Crippen molar-refractivity contribution in [2.24, 2.45) is 0 Å². The number of nitrogens with zero attached hydrogens (tertiary/aromatic N) is 3. The molecule has 1 saturated heterocycles. The molecule has 1 aliphatic carbocycles. The van der Waals surface area contributed by atoms with Gasteiger partial charge in [0.05, 0.1) is 12.2 Å². The van der Waals surface area contributed by atoms with Gasteiger partial charge in [-0.25, -0.2) is 4.68 Å². The molecule has 2 heterocycles. The average molecular weight is 295 g/mol. The van der Waals surface area contributed by atoms with Gasteiger partial charge in [-0.2, -0.15) is 11.8 Å². The second kappa shape index (κ2) is 5.73. The fourth-order valence-corrected chi connectivity index (χ4v) is 3.74. The molecule has 0 atom stereocenters. The smallest absolute Gasteiger partial charge is 0.273 e. The van der Waals surface area contributed by atoms with E-state index in [4.69, 9.17) is 0 Å². The van der Waals surface area contributed by atoms with Crippen LogP contribution in [0.25, 0.3) is 0 Å². The number of hydrogen-bond donors (Lipinski definition) is 2. The van der Waals surface area contributed by atoms with Crippen LogP contribution in [0.3, 0.4) is 0 Å². The van der Waals surface area contributed by atoms with E-state index in [0.717, 1.165) is 19.6 Å². The van der Waals surface area contributed by atoms with Gasteiger partial charge in [-0.15, -0.1) is 5.10 Å². The van der Waals surface area contributed by atoms with Crippen molar-refractivity contribution in [2.75, 3.05) is 25.9 Å². The van der Waals surface area contributed by atoms with Crippen LogP contribution in [0.5, 0.6) is 0 Å². The van der Waals surface area contributed by atoms with Crippen molar-refractivity contribution in [2.45, 2.75) is 36.5 Å². The SMILES string of the molecule is CSC1(CNC(=O)c2cn(C3CNC3)nn2)CCCC1. The molecule has 20 heavy (non-hydrogen) atoms. The Morgan fingerprint density at radius 3 is 2.90 bits per heavy atom.